The molecule has 1 aromatic carbocycles. The van der Waals surface area contributed by atoms with Gasteiger partial charge in [0.2, 0.25) is 12.5 Å². The van der Waals surface area contributed by atoms with Crippen LogP contribution in [0.1, 0.15) is 0 Å². The van der Waals surface area contributed by atoms with Crippen LogP contribution in [-0.4, -0.2) is 61.3 Å². The highest BCUT2D eigenvalue weighted by Gasteiger charge is 2.39. The van der Waals surface area contributed by atoms with Crippen molar-refractivity contribution < 1.29 is 41.2 Å². The quantitative estimate of drug-likeness (QED) is 0.203. The number of nitrogens with one attached hydrogen (secondary N) is 1. The number of benzene rings is 1. The maximum atomic E-state index is 13.0. The molecule has 0 saturated carbocycles. The Morgan fingerprint density at radius 3 is 2.41 bits per heavy atom. The number of nitro groups is 1. The predicted molar refractivity (Wildman–Crippen MR) is 122 cm³/mol. The Morgan fingerprint density at radius 1 is 1.21 bits per heavy atom. The van der Waals surface area contributed by atoms with Gasteiger partial charge in [-0.2, -0.15) is 26.3 Å². The van der Waals surface area contributed by atoms with E-state index in [1.165, 1.54) is 24.3 Å². The van der Waals surface area contributed by atoms with E-state index in [1.807, 2.05) is 5.73 Å². The van der Waals surface area contributed by atoms with Gasteiger partial charge in [0, 0.05) is 15.5 Å². The van der Waals surface area contributed by atoms with Gasteiger partial charge in [0.25, 0.3) is 0 Å². The second-order valence-electron chi connectivity index (χ2n) is 8.04. The van der Waals surface area contributed by atoms with Crippen molar-refractivity contribution in [1.29, 1.82) is 0 Å². The predicted octanol–water partition coefficient (Wildman–Crippen LogP) is 2.79. The van der Waals surface area contributed by atoms with Gasteiger partial charge in [-0.1, -0.05) is 23.1 Å². The van der Waals surface area contributed by atoms with Crippen molar-refractivity contribution in [1.82, 2.24) is 19.7 Å². The van der Waals surface area contributed by atoms with Gasteiger partial charge >= 0.3 is 18.0 Å². The lowest BCUT2D eigenvalue weighted by atomic mass is 10.0. The van der Waals surface area contributed by atoms with Crippen LogP contribution in [0.2, 0.25) is 5.02 Å². The van der Waals surface area contributed by atoms with Crippen molar-refractivity contribution in [2.75, 3.05) is 6.54 Å². The molecule has 2 aromatic rings. The van der Waals surface area contributed by atoms with Crippen LogP contribution in [0.3, 0.4) is 0 Å². The average Bonchev–Trinajstić information content (AvgIpc) is 3.12. The summed E-state index contributed by atoms with van der Waals surface area (Å²) in [6, 6.07) is 3.74. The Balaban J connectivity index is 1.92. The number of carbonyl (C=O) groups excluding carboxylic acids is 1. The first kappa shape index (κ1) is 29.5. The van der Waals surface area contributed by atoms with E-state index in [2.05, 4.69) is 16.1 Å². The van der Waals surface area contributed by atoms with E-state index >= 15 is 0 Å². The number of allylic oxidation sites excluding steroid dienone is 2. The number of amides is 1. The Kier molecular flexibility index (Phi) is 8.56. The second-order valence-corrected chi connectivity index (χ2v) is 8.48. The molecule has 10 nitrogen and oxygen atoms in total. The first-order chi connectivity index (χ1) is 18.1. The third-order valence-electron chi connectivity index (χ3n) is 5.18. The molecule has 39 heavy (non-hydrogen) atoms. The standard InChI is InChI=1S/C22H16ClF6N5O5/c23-15-6-4-12(5-7-15)19-31-33(20(37)32(19)10-17(35)22(27,28)29)11-18(36)30-16(9-34(38)39)13-2-1-3-14(8-13)21(24,25)26/h2,4-8,16-17,35H,9-11H2,(H,30,36)/t16?,17-/m0/s1. The fourth-order valence-electron chi connectivity index (χ4n) is 3.35. The van der Waals surface area contributed by atoms with Crippen LogP contribution in [0.25, 0.3) is 11.4 Å². The van der Waals surface area contributed by atoms with Crippen molar-refractivity contribution in [3.8, 4) is 11.4 Å². The van der Waals surface area contributed by atoms with Crippen molar-refractivity contribution >= 4 is 17.5 Å². The molecule has 1 heterocycles. The van der Waals surface area contributed by atoms with Crippen LogP contribution < -0.4 is 11.0 Å². The Bertz CT molecular complexity index is 1460. The smallest absolute Gasteiger partial charge is 0.382 e. The molecule has 208 valence electrons. The summed E-state index contributed by atoms with van der Waals surface area (Å²) in [5.41, 5.74) is 1.11. The number of nitrogens with zero attached hydrogens (tertiary/aromatic N) is 4. The summed E-state index contributed by atoms with van der Waals surface area (Å²) in [7, 11) is 0. The van der Waals surface area contributed by atoms with E-state index in [1.54, 1.807) is 0 Å². The number of aromatic nitrogens is 3. The molecule has 1 aliphatic carbocycles. The molecule has 17 heteroatoms. The molecule has 1 unspecified atom stereocenters. The van der Waals surface area contributed by atoms with Crippen molar-refractivity contribution in [2.24, 2.45) is 0 Å². The molecule has 2 atom stereocenters. The minimum atomic E-state index is -5.09. The largest absolute Gasteiger partial charge is 0.424 e. The number of carbonyl (C=O) groups is 1. The van der Waals surface area contributed by atoms with E-state index in [0.717, 1.165) is 6.08 Å². The van der Waals surface area contributed by atoms with Crippen LogP contribution in [0.5, 0.6) is 0 Å². The fourth-order valence-corrected chi connectivity index (χ4v) is 3.48. The number of hydrogen-bond acceptors (Lipinski definition) is 6. The van der Waals surface area contributed by atoms with Crippen LogP contribution in [0, 0.1) is 10.1 Å². The fraction of sp³-hybridized carbons (Fsp3) is 0.318. The third-order valence-corrected chi connectivity index (χ3v) is 5.44. The summed E-state index contributed by atoms with van der Waals surface area (Å²) in [5, 5.41) is 26.8. The molecule has 0 radical (unpaired) electrons. The molecule has 0 aliphatic heterocycles. The molecule has 1 amide bonds. The van der Waals surface area contributed by atoms with E-state index < -0.39 is 66.2 Å². The second kappa shape index (κ2) is 11.3. The minimum absolute atomic E-state index is 0.104. The van der Waals surface area contributed by atoms with Gasteiger partial charge < -0.3 is 10.4 Å². The van der Waals surface area contributed by atoms with E-state index in [0.29, 0.717) is 15.3 Å². The first-order valence-corrected chi connectivity index (χ1v) is 11.0. The van der Waals surface area contributed by atoms with Gasteiger partial charge in [0.15, 0.2) is 11.9 Å². The SMILES string of the molecule is O=C(Cn1nc(-c2ccc(Cl)cc2)n(C[C@H](O)C(F)(F)F)c1=O)NC(C[N+](=O)[O-])C1=CC(C(F)(F)F)=C=C=C1. The molecule has 0 spiro atoms. The number of rotatable bonds is 9. The van der Waals surface area contributed by atoms with E-state index in [9.17, 15) is 51.2 Å². The summed E-state index contributed by atoms with van der Waals surface area (Å²) in [6.45, 7) is -3.29. The molecule has 2 N–H and O–H groups in total. The number of aliphatic hydroxyl groups is 1. The van der Waals surface area contributed by atoms with Crippen LogP contribution in [-0.2, 0) is 17.9 Å². The summed E-state index contributed by atoms with van der Waals surface area (Å²) in [6.07, 6.45) is -11.4. The normalized spacial score (nSPS) is 15.0. The molecule has 0 bridgehead atoms. The highest BCUT2D eigenvalue weighted by molar-refractivity contribution is 6.30. The monoisotopic (exact) mass is 579 g/mol. The molecule has 3 rings (SSSR count). The number of alkyl halides is 6. The molecule has 1 aromatic heterocycles. The van der Waals surface area contributed by atoms with Gasteiger partial charge in [0.1, 0.15) is 18.2 Å². The summed E-state index contributed by atoms with van der Waals surface area (Å²) >= 11 is 5.81. The number of halogens is 7. The average molecular weight is 580 g/mol. The number of aliphatic hydroxyl groups excluding tert-OH is 1. The topological polar surface area (TPSA) is 132 Å². The van der Waals surface area contributed by atoms with Crippen LogP contribution >= 0.6 is 11.6 Å². The first-order valence-electron chi connectivity index (χ1n) is 10.7. The maximum Gasteiger partial charge on any atom is 0.424 e. The lowest BCUT2D eigenvalue weighted by molar-refractivity contribution is -0.481. The maximum absolute atomic E-state index is 13.0. The van der Waals surface area contributed by atoms with Gasteiger partial charge in [0.05, 0.1) is 6.54 Å². The van der Waals surface area contributed by atoms with Gasteiger partial charge in [-0.15, -0.1) is 5.10 Å². The number of hydrogen-bond donors (Lipinski definition) is 2. The lowest BCUT2D eigenvalue weighted by Gasteiger charge is -2.17. The zero-order valence-electron chi connectivity index (χ0n) is 19.3. The molecular weight excluding hydrogens is 564 g/mol. The van der Waals surface area contributed by atoms with E-state index in [-0.39, 0.29) is 22.0 Å². The van der Waals surface area contributed by atoms with Crippen LogP contribution in [0.4, 0.5) is 26.3 Å². The molecule has 1 aliphatic rings. The zero-order valence-corrected chi connectivity index (χ0v) is 20.0. The lowest BCUT2D eigenvalue weighted by Crippen LogP contribution is -2.44. The Labute approximate surface area is 218 Å². The summed E-state index contributed by atoms with van der Waals surface area (Å²) in [4.78, 5) is 35.7. The highest BCUT2D eigenvalue weighted by Crippen LogP contribution is 2.28. The van der Waals surface area contributed by atoms with Crippen molar-refractivity contribution in [2.45, 2.75) is 37.6 Å². The van der Waals surface area contributed by atoms with Gasteiger partial charge in [-0.25, -0.2) is 9.48 Å². The summed E-state index contributed by atoms with van der Waals surface area (Å²) < 4.78 is 79.0. The minimum Gasteiger partial charge on any atom is -0.382 e. The summed E-state index contributed by atoms with van der Waals surface area (Å²) in [5.74, 6) is -1.49. The molecular formula is C22H16ClF6N5O5. The zero-order chi connectivity index (χ0) is 29.1. The van der Waals surface area contributed by atoms with E-state index in [4.69, 9.17) is 11.6 Å². The Morgan fingerprint density at radius 2 is 1.85 bits per heavy atom. The van der Waals surface area contributed by atoms with Crippen molar-refractivity contribution in [3.63, 3.8) is 0 Å². The van der Waals surface area contributed by atoms with Gasteiger partial charge in [-0.05, 0) is 42.0 Å². The highest BCUT2D eigenvalue weighted by atomic mass is 35.5. The van der Waals surface area contributed by atoms with Crippen molar-refractivity contribution in [3.05, 3.63) is 84.6 Å². The van der Waals surface area contributed by atoms with Gasteiger partial charge in [-0.3, -0.25) is 19.5 Å². The Hall–Kier alpha value is -4.10. The molecule has 0 fully saturated rings. The molecule has 0 saturated heterocycles. The third kappa shape index (κ3) is 7.48. The van der Waals surface area contributed by atoms with Crippen LogP contribution in [0.15, 0.2) is 63.8 Å².